The number of esters is 2. The Balaban J connectivity index is 2.52. The van der Waals surface area contributed by atoms with E-state index < -0.39 is 17.9 Å². The van der Waals surface area contributed by atoms with Gasteiger partial charge in [-0.05, 0) is 18.6 Å². The van der Waals surface area contributed by atoms with Gasteiger partial charge in [0, 0.05) is 6.07 Å². The summed E-state index contributed by atoms with van der Waals surface area (Å²) in [5.74, 6) is -2.82. The zero-order chi connectivity index (χ0) is 17.9. The predicted octanol–water partition coefficient (Wildman–Crippen LogP) is 2.90. The molecule has 0 unspecified atom stereocenters. The van der Waals surface area contributed by atoms with Crippen molar-refractivity contribution in [2.45, 2.75) is 45.4 Å². The van der Waals surface area contributed by atoms with Gasteiger partial charge < -0.3 is 19.7 Å². The third-order valence-electron chi connectivity index (χ3n) is 3.19. The Morgan fingerprint density at radius 2 is 1.83 bits per heavy atom. The number of carbonyl (C=O) groups excluding carboxylic acids is 2. The van der Waals surface area contributed by atoms with Gasteiger partial charge in [0.25, 0.3) is 0 Å². The van der Waals surface area contributed by atoms with Gasteiger partial charge in [0.05, 0.1) is 19.4 Å². The number of carbonyl (C=O) groups is 3. The fraction of sp³-hybridized carbons (Fsp3) is 0.471. The van der Waals surface area contributed by atoms with Crippen molar-refractivity contribution in [1.82, 2.24) is 0 Å². The molecule has 0 spiro atoms. The quantitative estimate of drug-likeness (QED) is 0.383. The van der Waals surface area contributed by atoms with Crippen molar-refractivity contribution >= 4 is 17.9 Å². The first-order valence-electron chi connectivity index (χ1n) is 7.86. The lowest BCUT2D eigenvalue weighted by atomic mass is 10.2. The Morgan fingerprint density at radius 3 is 2.46 bits per heavy atom. The first-order chi connectivity index (χ1) is 11.4. The maximum atomic E-state index is 11.9. The third-order valence-corrected chi connectivity index (χ3v) is 3.19. The Morgan fingerprint density at radius 1 is 1.08 bits per heavy atom. The molecule has 0 fully saturated rings. The van der Waals surface area contributed by atoms with E-state index in [1.54, 1.807) is 0 Å². The number of phenols is 1. The van der Waals surface area contributed by atoms with Crippen molar-refractivity contribution in [3.63, 3.8) is 0 Å². The maximum absolute atomic E-state index is 11.9. The van der Waals surface area contributed by atoms with Crippen molar-refractivity contribution in [2.75, 3.05) is 6.61 Å². The highest BCUT2D eigenvalue weighted by Crippen LogP contribution is 2.24. The average molecular weight is 338 g/mol. The van der Waals surface area contributed by atoms with Crippen LogP contribution in [0.4, 0.5) is 0 Å². The Kier molecular flexibility index (Phi) is 8.32. The van der Waals surface area contributed by atoms with E-state index in [9.17, 15) is 19.5 Å². The van der Waals surface area contributed by atoms with Gasteiger partial charge in [-0.2, -0.15) is 0 Å². The van der Waals surface area contributed by atoms with E-state index in [1.165, 1.54) is 12.1 Å². The molecule has 0 bridgehead atoms. The number of ether oxygens (including phenoxy) is 2. The molecule has 1 rings (SSSR count). The van der Waals surface area contributed by atoms with Crippen LogP contribution in [-0.4, -0.2) is 34.7 Å². The molecular weight excluding hydrogens is 316 g/mol. The number of hydrogen-bond acceptors (Lipinski definition) is 6. The van der Waals surface area contributed by atoms with Gasteiger partial charge in [0.15, 0.2) is 0 Å². The first-order valence-corrected chi connectivity index (χ1v) is 7.86. The molecule has 7 heteroatoms. The molecule has 0 aromatic heterocycles. The molecule has 1 aromatic carbocycles. The second-order valence-corrected chi connectivity index (χ2v) is 5.24. The number of aromatic hydroxyl groups is 1. The van der Waals surface area contributed by atoms with Gasteiger partial charge in [-0.25, -0.2) is 4.79 Å². The van der Waals surface area contributed by atoms with E-state index in [1.807, 2.05) is 0 Å². The molecule has 0 heterocycles. The van der Waals surface area contributed by atoms with Gasteiger partial charge in [-0.15, -0.1) is 0 Å². The number of benzene rings is 1. The predicted molar refractivity (Wildman–Crippen MR) is 85.0 cm³/mol. The summed E-state index contributed by atoms with van der Waals surface area (Å²) in [7, 11) is 0. The minimum atomic E-state index is -1.10. The summed E-state index contributed by atoms with van der Waals surface area (Å²) in [5, 5.41) is 18.3. The van der Waals surface area contributed by atoms with E-state index in [2.05, 4.69) is 6.92 Å². The Hall–Kier alpha value is -2.57. The molecule has 1 aromatic rings. The van der Waals surface area contributed by atoms with Crippen molar-refractivity contribution in [3.05, 3.63) is 23.8 Å². The Labute approximate surface area is 140 Å². The Bertz CT molecular complexity index is 580. The van der Waals surface area contributed by atoms with Gasteiger partial charge >= 0.3 is 17.9 Å². The summed E-state index contributed by atoms with van der Waals surface area (Å²) < 4.78 is 9.96. The minimum absolute atomic E-state index is 0.0178. The van der Waals surface area contributed by atoms with Crippen LogP contribution in [0.2, 0.25) is 0 Å². The number of carboxylic acids is 1. The van der Waals surface area contributed by atoms with Crippen molar-refractivity contribution < 1.29 is 34.1 Å². The molecule has 0 aliphatic heterocycles. The summed E-state index contributed by atoms with van der Waals surface area (Å²) in [4.78, 5) is 33.6. The van der Waals surface area contributed by atoms with Crippen LogP contribution >= 0.6 is 0 Å². The van der Waals surface area contributed by atoms with E-state index in [0.29, 0.717) is 0 Å². The molecule has 0 saturated heterocycles. The molecule has 0 radical (unpaired) electrons. The summed E-state index contributed by atoms with van der Waals surface area (Å²) in [6, 6.07) is 3.75. The zero-order valence-electron chi connectivity index (χ0n) is 13.6. The van der Waals surface area contributed by atoms with Gasteiger partial charge in [-0.1, -0.05) is 26.2 Å². The number of carboxylic acid groups (broad SMARTS) is 1. The second-order valence-electron chi connectivity index (χ2n) is 5.24. The molecule has 7 nitrogen and oxygen atoms in total. The zero-order valence-corrected chi connectivity index (χ0v) is 13.6. The molecule has 0 atom stereocenters. The van der Waals surface area contributed by atoms with Crippen LogP contribution in [0.15, 0.2) is 18.2 Å². The van der Waals surface area contributed by atoms with E-state index >= 15 is 0 Å². The van der Waals surface area contributed by atoms with Gasteiger partial charge in [-0.3, -0.25) is 9.59 Å². The highest BCUT2D eigenvalue weighted by Gasteiger charge is 2.15. The summed E-state index contributed by atoms with van der Waals surface area (Å²) in [6.07, 6.45) is 3.28. The molecular formula is C17H22O7. The van der Waals surface area contributed by atoms with Crippen LogP contribution in [-0.2, 0) is 14.3 Å². The van der Waals surface area contributed by atoms with E-state index in [0.717, 1.165) is 31.7 Å². The summed E-state index contributed by atoms with van der Waals surface area (Å²) in [5.41, 5.74) is -0.0178. The van der Waals surface area contributed by atoms with Crippen LogP contribution in [0, 0.1) is 0 Å². The SMILES string of the molecule is CCCCCCOC(=O)c1ccc(OC(=O)CCC(=O)O)cc1O. The summed E-state index contributed by atoms with van der Waals surface area (Å²) in [6.45, 7) is 2.37. The topological polar surface area (TPSA) is 110 Å². The van der Waals surface area contributed by atoms with Crippen LogP contribution in [0.25, 0.3) is 0 Å². The molecule has 0 amide bonds. The van der Waals surface area contributed by atoms with Crippen molar-refractivity contribution in [2.24, 2.45) is 0 Å². The van der Waals surface area contributed by atoms with E-state index in [4.69, 9.17) is 14.6 Å². The third kappa shape index (κ3) is 7.13. The number of aliphatic carboxylic acids is 1. The molecule has 24 heavy (non-hydrogen) atoms. The van der Waals surface area contributed by atoms with Gasteiger partial charge in [0.1, 0.15) is 17.1 Å². The van der Waals surface area contributed by atoms with Crippen LogP contribution < -0.4 is 4.74 Å². The van der Waals surface area contributed by atoms with Crippen molar-refractivity contribution in [1.29, 1.82) is 0 Å². The largest absolute Gasteiger partial charge is 0.507 e. The second kappa shape index (κ2) is 10.3. The minimum Gasteiger partial charge on any atom is -0.507 e. The lowest BCUT2D eigenvalue weighted by Gasteiger charge is -2.08. The smallest absolute Gasteiger partial charge is 0.341 e. The maximum Gasteiger partial charge on any atom is 0.341 e. The number of hydrogen-bond donors (Lipinski definition) is 2. The van der Waals surface area contributed by atoms with Crippen LogP contribution in [0.5, 0.6) is 11.5 Å². The number of unbranched alkanes of at least 4 members (excludes halogenated alkanes) is 3. The van der Waals surface area contributed by atoms with Crippen LogP contribution in [0.1, 0.15) is 55.8 Å². The average Bonchev–Trinajstić information content (AvgIpc) is 2.52. The molecule has 0 aliphatic rings. The fourth-order valence-electron chi connectivity index (χ4n) is 1.91. The molecule has 132 valence electrons. The fourth-order valence-corrected chi connectivity index (χ4v) is 1.91. The normalized spacial score (nSPS) is 10.2. The lowest BCUT2D eigenvalue weighted by Crippen LogP contribution is -2.11. The highest BCUT2D eigenvalue weighted by atomic mass is 16.5. The molecule has 2 N–H and O–H groups in total. The first kappa shape index (κ1) is 19.5. The lowest BCUT2D eigenvalue weighted by molar-refractivity contribution is -0.142. The van der Waals surface area contributed by atoms with E-state index in [-0.39, 0.29) is 36.5 Å². The number of phenolic OH excluding ortho intramolecular Hbond substituents is 1. The van der Waals surface area contributed by atoms with Crippen molar-refractivity contribution in [3.8, 4) is 11.5 Å². The highest BCUT2D eigenvalue weighted by molar-refractivity contribution is 5.92. The molecule has 0 saturated carbocycles. The standard InChI is InChI=1S/C17H22O7/c1-2-3-4-5-10-23-17(22)13-7-6-12(11-14(13)18)24-16(21)9-8-15(19)20/h6-7,11,18H,2-5,8-10H2,1H3,(H,19,20). The van der Waals surface area contributed by atoms with Crippen LogP contribution in [0.3, 0.4) is 0 Å². The summed E-state index contributed by atoms with van der Waals surface area (Å²) >= 11 is 0. The number of rotatable bonds is 10. The molecule has 0 aliphatic carbocycles. The van der Waals surface area contributed by atoms with Gasteiger partial charge in [0.2, 0.25) is 0 Å². The monoisotopic (exact) mass is 338 g/mol.